The van der Waals surface area contributed by atoms with Crippen LogP contribution in [-0.4, -0.2) is 23.6 Å². The van der Waals surface area contributed by atoms with Gasteiger partial charge in [0.2, 0.25) is 0 Å². The molecule has 6 heteroatoms. The molecule has 0 aromatic heterocycles. The van der Waals surface area contributed by atoms with Crippen molar-refractivity contribution >= 4 is 12.0 Å². The SMILES string of the molecule is CCOC(=O)C[C@H]1Oc2ccc(C)cc2C=C1[N+](=O)[O-]. The van der Waals surface area contributed by atoms with E-state index in [-0.39, 0.29) is 18.7 Å². The van der Waals surface area contributed by atoms with Gasteiger partial charge in [0.15, 0.2) is 6.10 Å². The summed E-state index contributed by atoms with van der Waals surface area (Å²) in [4.78, 5) is 22.1. The largest absolute Gasteiger partial charge is 0.478 e. The second-order valence-electron chi connectivity index (χ2n) is 4.48. The zero-order valence-corrected chi connectivity index (χ0v) is 11.3. The van der Waals surface area contributed by atoms with Crippen LogP contribution in [0.25, 0.3) is 6.08 Å². The molecule has 106 valence electrons. The van der Waals surface area contributed by atoms with Crippen LogP contribution in [0.2, 0.25) is 0 Å². The number of carbonyl (C=O) groups is 1. The number of carbonyl (C=O) groups excluding carboxylic acids is 1. The van der Waals surface area contributed by atoms with Crippen LogP contribution in [0.4, 0.5) is 0 Å². The number of hydrogen-bond donors (Lipinski definition) is 0. The van der Waals surface area contributed by atoms with Crippen molar-refractivity contribution in [3.05, 3.63) is 45.1 Å². The van der Waals surface area contributed by atoms with Crippen LogP contribution in [0.3, 0.4) is 0 Å². The van der Waals surface area contributed by atoms with Crippen LogP contribution in [-0.2, 0) is 9.53 Å². The smallest absolute Gasteiger partial charge is 0.310 e. The van der Waals surface area contributed by atoms with Crippen molar-refractivity contribution in [2.45, 2.75) is 26.4 Å². The average Bonchev–Trinajstić information content (AvgIpc) is 2.38. The third kappa shape index (κ3) is 2.96. The molecular formula is C14H15NO5. The molecule has 2 rings (SSSR count). The van der Waals surface area contributed by atoms with Crippen molar-refractivity contribution in [1.29, 1.82) is 0 Å². The highest BCUT2D eigenvalue weighted by Crippen LogP contribution is 2.31. The summed E-state index contributed by atoms with van der Waals surface area (Å²) in [7, 11) is 0. The highest BCUT2D eigenvalue weighted by Gasteiger charge is 2.33. The average molecular weight is 277 g/mol. The van der Waals surface area contributed by atoms with Gasteiger partial charge in [-0.05, 0) is 26.0 Å². The predicted octanol–water partition coefficient (Wildman–Crippen LogP) is 2.33. The van der Waals surface area contributed by atoms with Crippen LogP contribution >= 0.6 is 0 Å². The van der Waals surface area contributed by atoms with Gasteiger partial charge in [0.05, 0.1) is 18.0 Å². The number of nitro groups is 1. The first-order chi connectivity index (χ1) is 9.51. The molecule has 1 aliphatic rings. The van der Waals surface area contributed by atoms with E-state index in [1.807, 2.05) is 13.0 Å². The number of esters is 1. The second-order valence-corrected chi connectivity index (χ2v) is 4.48. The normalized spacial score (nSPS) is 16.7. The maximum atomic E-state index is 11.5. The summed E-state index contributed by atoms with van der Waals surface area (Å²) in [5, 5.41) is 11.1. The maximum Gasteiger partial charge on any atom is 0.310 e. The summed E-state index contributed by atoms with van der Waals surface area (Å²) in [5.41, 5.74) is 1.50. The minimum absolute atomic E-state index is 0.129. The lowest BCUT2D eigenvalue weighted by atomic mass is 10.0. The van der Waals surface area contributed by atoms with Gasteiger partial charge in [-0.2, -0.15) is 0 Å². The Morgan fingerprint density at radius 2 is 2.25 bits per heavy atom. The van der Waals surface area contributed by atoms with Gasteiger partial charge in [-0.15, -0.1) is 0 Å². The molecule has 0 radical (unpaired) electrons. The Morgan fingerprint density at radius 3 is 2.90 bits per heavy atom. The van der Waals surface area contributed by atoms with E-state index in [1.54, 1.807) is 19.1 Å². The standard InChI is InChI=1S/C14H15NO5/c1-3-19-14(16)8-13-11(15(17)18)7-10-6-9(2)4-5-12(10)20-13/h4-7,13H,3,8H2,1-2H3/t13-/m1/s1. The molecule has 0 amide bonds. The molecule has 0 unspecified atom stereocenters. The molecule has 1 aromatic carbocycles. The first kappa shape index (κ1) is 14.0. The fourth-order valence-electron chi connectivity index (χ4n) is 2.04. The van der Waals surface area contributed by atoms with E-state index in [1.165, 1.54) is 6.08 Å². The number of rotatable bonds is 4. The maximum absolute atomic E-state index is 11.5. The first-order valence-corrected chi connectivity index (χ1v) is 6.30. The van der Waals surface area contributed by atoms with Gasteiger partial charge in [0.25, 0.3) is 5.70 Å². The highest BCUT2D eigenvalue weighted by molar-refractivity contribution is 5.72. The fourth-order valence-corrected chi connectivity index (χ4v) is 2.04. The topological polar surface area (TPSA) is 78.7 Å². The zero-order chi connectivity index (χ0) is 14.7. The van der Waals surface area contributed by atoms with Crippen molar-refractivity contribution in [2.24, 2.45) is 0 Å². The van der Waals surface area contributed by atoms with Gasteiger partial charge >= 0.3 is 5.97 Å². The van der Waals surface area contributed by atoms with Crippen molar-refractivity contribution in [1.82, 2.24) is 0 Å². The Kier molecular flexibility index (Phi) is 4.02. The molecule has 0 fully saturated rings. The van der Waals surface area contributed by atoms with Crippen molar-refractivity contribution in [2.75, 3.05) is 6.61 Å². The molecule has 1 heterocycles. The van der Waals surface area contributed by atoms with Crippen LogP contribution in [0.15, 0.2) is 23.9 Å². The van der Waals surface area contributed by atoms with E-state index in [0.717, 1.165) is 5.56 Å². The molecule has 6 nitrogen and oxygen atoms in total. The number of fused-ring (bicyclic) bond motifs is 1. The number of benzene rings is 1. The van der Waals surface area contributed by atoms with Crippen molar-refractivity contribution in [3.8, 4) is 5.75 Å². The number of ether oxygens (including phenoxy) is 2. The number of aryl methyl sites for hydroxylation is 1. The van der Waals surface area contributed by atoms with Crippen LogP contribution in [0.5, 0.6) is 5.75 Å². The Morgan fingerprint density at radius 1 is 1.50 bits per heavy atom. The summed E-state index contributed by atoms with van der Waals surface area (Å²) in [5.74, 6) is 0.0244. The van der Waals surface area contributed by atoms with E-state index in [9.17, 15) is 14.9 Å². The molecule has 0 bridgehead atoms. The van der Waals surface area contributed by atoms with E-state index < -0.39 is 17.0 Å². The molecule has 1 aromatic rings. The molecule has 1 aliphatic heterocycles. The summed E-state index contributed by atoms with van der Waals surface area (Å²) in [6, 6.07) is 5.40. The van der Waals surface area contributed by atoms with Gasteiger partial charge < -0.3 is 9.47 Å². The van der Waals surface area contributed by atoms with Crippen LogP contribution in [0, 0.1) is 17.0 Å². The zero-order valence-electron chi connectivity index (χ0n) is 11.3. The van der Waals surface area contributed by atoms with Gasteiger partial charge in [-0.3, -0.25) is 14.9 Å². The summed E-state index contributed by atoms with van der Waals surface area (Å²) < 4.78 is 10.4. The third-order valence-corrected chi connectivity index (χ3v) is 2.94. The first-order valence-electron chi connectivity index (χ1n) is 6.30. The fraction of sp³-hybridized carbons (Fsp3) is 0.357. The third-order valence-electron chi connectivity index (χ3n) is 2.94. The molecule has 1 atom stereocenters. The number of hydrogen-bond acceptors (Lipinski definition) is 5. The van der Waals surface area contributed by atoms with Gasteiger partial charge in [0.1, 0.15) is 5.75 Å². The second kappa shape index (κ2) is 5.73. The van der Waals surface area contributed by atoms with Crippen LogP contribution < -0.4 is 4.74 Å². The number of nitrogens with zero attached hydrogens (tertiary/aromatic N) is 1. The minimum atomic E-state index is -0.917. The van der Waals surface area contributed by atoms with E-state index in [0.29, 0.717) is 11.3 Å². The minimum Gasteiger partial charge on any atom is -0.478 e. The summed E-state index contributed by atoms with van der Waals surface area (Å²) in [6.07, 6.45) is 0.364. The van der Waals surface area contributed by atoms with E-state index in [2.05, 4.69) is 0 Å². The molecule has 0 saturated carbocycles. The Bertz CT molecular complexity index is 579. The Hall–Kier alpha value is -2.37. The van der Waals surface area contributed by atoms with Crippen LogP contribution in [0.1, 0.15) is 24.5 Å². The Balaban J connectivity index is 2.29. The van der Waals surface area contributed by atoms with Gasteiger partial charge in [-0.25, -0.2) is 0 Å². The monoisotopic (exact) mass is 277 g/mol. The van der Waals surface area contributed by atoms with Crippen molar-refractivity contribution in [3.63, 3.8) is 0 Å². The van der Waals surface area contributed by atoms with Gasteiger partial charge in [-0.1, -0.05) is 11.6 Å². The molecule has 0 saturated heterocycles. The molecule has 0 N–H and O–H groups in total. The lowest BCUT2D eigenvalue weighted by Crippen LogP contribution is -2.30. The quantitative estimate of drug-likeness (QED) is 0.479. The highest BCUT2D eigenvalue weighted by atomic mass is 16.6. The van der Waals surface area contributed by atoms with Crippen molar-refractivity contribution < 1.29 is 19.2 Å². The van der Waals surface area contributed by atoms with E-state index >= 15 is 0 Å². The predicted molar refractivity (Wildman–Crippen MR) is 71.8 cm³/mol. The molecular weight excluding hydrogens is 262 g/mol. The summed E-state index contributed by atoms with van der Waals surface area (Å²) >= 11 is 0. The lowest BCUT2D eigenvalue weighted by molar-refractivity contribution is -0.433. The molecule has 0 spiro atoms. The molecule has 0 aliphatic carbocycles. The molecule has 20 heavy (non-hydrogen) atoms. The lowest BCUT2D eigenvalue weighted by Gasteiger charge is -2.22. The summed E-state index contributed by atoms with van der Waals surface area (Å²) in [6.45, 7) is 3.81. The van der Waals surface area contributed by atoms with Gasteiger partial charge in [0, 0.05) is 11.6 Å². The van der Waals surface area contributed by atoms with E-state index in [4.69, 9.17) is 9.47 Å². The Labute approximate surface area is 116 Å².